The van der Waals surface area contributed by atoms with Crippen molar-refractivity contribution in [3.8, 4) is 17.1 Å². The van der Waals surface area contributed by atoms with Gasteiger partial charge in [0.05, 0.1) is 5.69 Å². The maximum Gasteiger partial charge on any atom is 0.353 e. The predicted octanol–water partition coefficient (Wildman–Crippen LogP) is 3.35. The smallest absolute Gasteiger partial charge is 0.353 e. The van der Waals surface area contributed by atoms with Gasteiger partial charge in [0.1, 0.15) is 11.6 Å². The van der Waals surface area contributed by atoms with Gasteiger partial charge in [-0.15, -0.1) is 0 Å². The summed E-state index contributed by atoms with van der Waals surface area (Å²) in [5.41, 5.74) is 0.352. The molecule has 24 heavy (non-hydrogen) atoms. The van der Waals surface area contributed by atoms with Crippen LogP contribution in [0.1, 0.15) is 30.0 Å². The SMILES string of the molecule is Cc1c(F)cc(-c2ocnc2-n2ccc(C3CC3)nc2=O)cc1F. The number of rotatable bonds is 3. The summed E-state index contributed by atoms with van der Waals surface area (Å²) in [6.07, 6.45) is 4.76. The second-order valence-electron chi connectivity index (χ2n) is 5.85. The molecule has 2 aromatic heterocycles. The molecule has 0 radical (unpaired) electrons. The van der Waals surface area contributed by atoms with E-state index in [1.807, 2.05) is 0 Å². The van der Waals surface area contributed by atoms with Crippen LogP contribution in [0.4, 0.5) is 8.78 Å². The quantitative estimate of drug-likeness (QED) is 0.739. The molecule has 0 spiro atoms. The van der Waals surface area contributed by atoms with Crippen LogP contribution in [0.3, 0.4) is 0 Å². The third kappa shape index (κ3) is 2.42. The van der Waals surface area contributed by atoms with Gasteiger partial charge in [0, 0.05) is 23.2 Å². The Kier molecular flexibility index (Phi) is 3.30. The standard InChI is InChI=1S/C17H13F2N3O2/c1-9-12(18)6-11(7-13(9)19)15-16(20-8-24-15)22-5-4-14(10-2-3-10)21-17(22)23/h4-8,10H,2-3H2,1H3. The summed E-state index contributed by atoms with van der Waals surface area (Å²) in [4.78, 5) is 20.3. The predicted molar refractivity (Wildman–Crippen MR) is 82.0 cm³/mol. The molecule has 1 aliphatic rings. The molecule has 0 amide bonds. The van der Waals surface area contributed by atoms with Crippen LogP contribution in [-0.2, 0) is 0 Å². The number of aromatic nitrogens is 3. The Morgan fingerprint density at radius 3 is 2.58 bits per heavy atom. The van der Waals surface area contributed by atoms with Crippen LogP contribution in [0.2, 0.25) is 0 Å². The molecular weight excluding hydrogens is 316 g/mol. The van der Waals surface area contributed by atoms with Gasteiger partial charge in [-0.3, -0.25) is 0 Å². The van der Waals surface area contributed by atoms with Crippen LogP contribution < -0.4 is 5.69 Å². The number of hydrogen-bond donors (Lipinski definition) is 0. The van der Waals surface area contributed by atoms with E-state index < -0.39 is 17.3 Å². The fourth-order valence-electron chi connectivity index (χ4n) is 2.57. The fraction of sp³-hybridized carbons (Fsp3) is 0.235. The highest BCUT2D eigenvalue weighted by molar-refractivity contribution is 5.65. The van der Waals surface area contributed by atoms with Crippen molar-refractivity contribution in [2.24, 2.45) is 0 Å². The lowest BCUT2D eigenvalue weighted by Crippen LogP contribution is -2.22. The number of oxazole rings is 1. The van der Waals surface area contributed by atoms with Gasteiger partial charge in [0.15, 0.2) is 18.0 Å². The monoisotopic (exact) mass is 329 g/mol. The van der Waals surface area contributed by atoms with Gasteiger partial charge in [0.25, 0.3) is 0 Å². The number of hydrogen-bond acceptors (Lipinski definition) is 4. The molecule has 0 unspecified atom stereocenters. The van der Waals surface area contributed by atoms with Crippen molar-refractivity contribution >= 4 is 0 Å². The Labute approximate surface area is 135 Å². The second kappa shape index (κ2) is 5.36. The van der Waals surface area contributed by atoms with E-state index in [1.54, 1.807) is 12.3 Å². The molecule has 5 nitrogen and oxygen atoms in total. The summed E-state index contributed by atoms with van der Waals surface area (Å²) < 4.78 is 34.1. The first kappa shape index (κ1) is 14.7. The Morgan fingerprint density at radius 1 is 1.25 bits per heavy atom. The summed E-state index contributed by atoms with van der Waals surface area (Å²) in [5, 5.41) is 0. The van der Waals surface area contributed by atoms with Crippen molar-refractivity contribution < 1.29 is 13.2 Å². The Hall–Kier alpha value is -2.83. The molecule has 7 heteroatoms. The maximum absolute atomic E-state index is 13.8. The molecule has 0 atom stereocenters. The van der Waals surface area contributed by atoms with Crippen LogP contribution >= 0.6 is 0 Å². The Bertz CT molecular complexity index is 966. The average molecular weight is 329 g/mol. The normalized spacial score (nSPS) is 14.1. The van der Waals surface area contributed by atoms with Gasteiger partial charge >= 0.3 is 5.69 Å². The molecular formula is C17H13F2N3O2. The summed E-state index contributed by atoms with van der Waals surface area (Å²) in [5.74, 6) is -0.776. The molecule has 1 aromatic carbocycles. The van der Waals surface area contributed by atoms with E-state index in [4.69, 9.17) is 4.42 Å². The van der Waals surface area contributed by atoms with E-state index in [0.717, 1.165) is 37.1 Å². The van der Waals surface area contributed by atoms with Gasteiger partial charge in [-0.2, -0.15) is 9.97 Å². The minimum absolute atomic E-state index is 0.0764. The molecule has 0 saturated heterocycles. The zero-order valence-corrected chi connectivity index (χ0v) is 12.8. The Morgan fingerprint density at radius 2 is 1.96 bits per heavy atom. The van der Waals surface area contributed by atoms with E-state index in [-0.39, 0.29) is 22.7 Å². The highest BCUT2D eigenvalue weighted by atomic mass is 19.1. The van der Waals surface area contributed by atoms with E-state index >= 15 is 0 Å². The Balaban J connectivity index is 1.82. The van der Waals surface area contributed by atoms with Crippen LogP contribution in [0.25, 0.3) is 17.1 Å². The van der Waals surface area contributed by atoms with Crippen LogP contribution in [0.15, 0.2) is 40.0 Å². The molecule has 0 bridgehead atoms. The lowest BCUT2D eigenvalue weighted by molar-refractivity contribution is 0.556. The van der Waals surface area contributed by atoms with Gasteiger partial charge in [-0.25, -0.2) is 18.1 Å². The second-order valence-corrected chi connectivity index (χ2v) is 5.85. The van der Waals surface area contributed by atoms with Crippen molar-refractivity contribution in [2.75, 3.05) is 0 Å². The molecule has 3 aromatic rings. The van der Waals surface area contributed by atoms with Gasteiger partial charge in [0.2, 0.25) is 0 Å². The lowest BCUT2D eigenvalue weighted by atomic mass is 10.1. The van der Waals surface area contributed by atoms with Crippen LogP contribution in [0, 0.1) is 18.6 Å². The largest absolute Gasteiger partial charge is 0.441 e. The van der Waals surface area contributed by atoms with Gasteiger partial charge < -0.3 is 4.42 Å². The first-order valence-corrected chi connectivity index (χ1v) is 7.54. The molecule has 1 aliphatic carbocycles. The van der Waals surface area contributed by atoms with Gasteiger partial charge in [-0.05, 0) is 38.0 Å². The van der Waals surface area contributed by atoms with Crippen molar-refractivity contribution in [2.45, 2.75) is 25.7 Å². The number of nitrogens with zero attached hydrogens (tertiary/aromatic N) is 3. The van der Waals surface area contributed by atoms with Gasteiger partial charge in [-0.1, -0.05) is 0 Å². The minimum atomic E-state index is -0.693. The summed E-state index contributed by atoms with van der Waals surface area (Å²) in [6, 6.07) is 4.06. The van der Waals surface area contributed by atoms with Crippen LogP contribution in [-0.4, -0.2) is 14.5 Å². The highest BCUT2D eigenvalue weighted by Gasteiger charge is 2.26. The molecule has 122 valence electrons. The molecule has 0 N–H and O–H groups in total. The van der Waals surface area contributed by atoms with Crippen molar-refractivity contribution in [3.05, 3.63) is 64.2 Å². The number of halogens is 2. The molecule has 4 rings (SSSR count). The highest BCUT2D eigenvalue weighted by Crippen LogP contribution is 2.38. The van der Waals surface area contributed by atoms with E-state index in [2.05, 4.69) is 9.97 Å². The van der Waals surface area contributed by atoms with Crippen molar-refractivity contribution in [3.63, 3.8) is 0 Å². The molecule has 1 saturated carbocycles. The third-order valence-electron chi connectivity index (χ3n) is 4.14. The summed E-state index contributed by atoms with van der Waals surface area (Å²) in [7, 11) is 0. The summed E-state index contributed by atoms with van der Waals surface area (Å²) >= 11 is 0. The maximum atomic E-state index is 13.8. The first-order valence-electron chi connectivity index (χ1n) is 7.54. The topological polar surface area (TPSA) is 60.9 Å². The fourth-order valence-corrected chi connectivity index (χ4v) is 2.57. The van der Waals surface area contributed by atoms with E-state index in [0.29, 0.717) is 5.92 Å². The molecule has 1 fully saturated rings. The lowest BCUT2D eigenvalue weighted by Gasteiger charge is -2.06. The molecule has 0 aliphatic heterocycles. The van der Waals surface area contributed by atoms with Crippen molar-refractivity contribution in [1.29, 1.82) is 0 Å². The van der Waals surface area contributed by atoms with E-state index in [1.165, 1.54) is 11.5 Å². The molecule has 2 heterocycles. The zero-order valence-electron chi connectivity index (χ0n) is 12.8. The van der Waals surface area contributed by atoms with Crippen molar-refractivity contribution in [1.82, 2.24) is 14.5 Å². The van der Waals surface area contributed by atoms with Crippen LogP contribution in [0.5, 0.6) is 0 Å². The van der Waals surface area contributed by atoms with E-state index in [9.17, 15) is 13.6 Å². The summed E-state index contributed by atoms with van der Waals surface area (Å²) in [6.45, 7) is 1.35. The minimum Gasteiger partial charge on any atom is -0.441 e. The average Bonchev–Trinajstić information content (AvgIpc) is 3.30. The number of benzene rings is 1. The zero-order chi connectivity index (χ0) is 16.8. The third-order valence-corrected chi connectivity index (χ3v) is 4.14. The first-order chi connectivity index (χ1) is 11.5.